The average Bonchev–Trinajstić information content (AvgIpc) is 3.10. The third-order valence-electron chi connectivity index (χ3n) is 4.46. The summed E-state index contributed by atoms with van der Waals surface area (Å²) >= 11 is 3.63. The van der Waals surface area contributed by atoms with E-state index in [9.17, 15) is 0 Å². The molecule has 2 nitrogen and oxygen atoms in total. The van der Waals surface area contributed by atoms with Crippen LogP contribution < -0.4 is 4.74 Å². The van der Waals surface area contributed by atoms with Crippen molar-refractivity contribution >= 4 is 15.9 Å². The fourth-order valence-electron chi connectivity index (χ4n) is 2.85. The van der Waals surface area contributed by atoms with E-state index in [0.29, 0.717) is 5.41 Å². The molecule has 0 unspecified atom stereocenters. The van der Waals surface area contributed by atoms with Crippen LogP contribution in [0.4, 0.5) is 0 Å². The summed E-state index contributed by atoms with van der Waals surface area (Å²) in [5.74, 6) is 1.06. The molecule has 98 valence electrons. The Labute approximate surface area is 117 Å². The second kappa shape index (κ2) is 3.97. The molecule has 1 aliphatic heterocycles. The van der Waals surface area contributed by atoms with Gasteiger partial charge in [-0.1, -0.05) is 15.9 Å². The minimum absolute atomic E-state index is 0.318. The molecule has 18 heavy (non-hydrogen) atoms. The lowest BCUT2D eigenvalue weighted by Gasteiger charge is -2.33. The van der Waals surface area contributed by atoms with E-state index in [2.05, 4.69) is 41.9 Å². The molecule has 0 amide bonds. The summed E-state index contributed by atoms with van der Waals surface area (Å²) in [7, 11) is 1.75. The van der Waals surface area contributed by atoms with Gasteiger partial charge in [-0.3, -0.25) is 0 Å². The zero-order chi connectivity index (χ0) is 13.0. The lowest BCUT2D eigenvalue weighted by molar-refractivity contribution is 0.0160. The van der Waals surface area contributed by atoms with E-state index in [1.165, 1.54) is 18.4 Å². The van der Waals surface area contributed by atoms with Crippen LogP contribution in [-0.4, -0.2) is 13.7 Å². The lowest BCUT2D eigenvalue weighted by atomic mass is 9.85. The second-order valence-electron chi connectivity index (χ2n) is 5.92. The van der Waals surface area contributed by atoms with Crippen LogP contribution >= 0.6 is 15.9 Å². The van der Waals surface area contributed by atoms with Crippen LogP contribution in [-0.2, 0) is 15.8 Å². The van der Waals surface area contributed by atoms with Crippen LogP contribution in [0.5, 0.6) is 5.75 Å². The quantitative estimate of drug-likeness (QED) is 0.817. The minimum Gasteiger partial charge on any atom is -0.493 e. The fourth-order valence-corrected chi connectivity index (χ4v) is 3.31. The number of rotatable bonds is 2. The second-order valence-corrected chi connectivity index (χ2v) is 6.84. The van der Waals surface area contributed by atoms with Crippen molar-refractivity contribution in [1.82, 2.24) is 0 Å². The molecule has 1 aromatic carbocycles. The zero-order valence-corrected chi connectivity index (χ0v) is 12.8. The maximum absolute atomic E-state index is 5.97. The zero-order valence-electron chi connectivity index (χ0n) is 11.2. The first-order chi connectivity index (χ1) is 8.48. The Kier molecular flexibility index (Phi) is 2.76. The van der Waals surface area contributed by atoms with Gasteiger partial charge in [-0.05, 0) is 45.2 Å². The largest absolute Gasteiger partial charge is 0.493 e. The molecule has 1 saturated carbocycles. The first-order valence-electron chi connectivity index (χ1n) is 6.51. The molecule has 0 atom stereocenters. The van der Waals surface area contributed by atoms with Crippen molar-refractivity contribution < 1.29 is 9.47 Å². The minimum atomic E-state index is -0.318. The monoisotopic (exact) mass is 310 g/mol. The van der Waals surface area contributed by atoms with Crippen molar-refractivity contribution in [2.45, 2.75) is 44.1 Å². The molecular formula is C15H19BrO2. The van der Waals surface area contributed by atoms with E-state index >= 15 is 0 Å². The van der Waals surface area contributed by atoms with Gasteiger partial charge in [0.05, 0.1) is 12.2 Å². The van der Waals surface area contributed by atoms with Gasteiger partial charge in [-0.15, -0.1) is 0 Å². The summed E-state index contributed by atoms with van der Waals surface area (Å²) in [5.41, 5.74) is 2.61. The van der Waals surface area contributed by atoms with Gasteiger partial charge in [0.15, 0.2) is 0 Å². The summed E-state index contributed by atoms with van der Waals surface area (Å²) < 4.78 is 12.7. The smallest absolute Gasteiger partial charge is 0.129 e. The van der Waals surface area contributed by atoms with E-state index in [0.717, 1.165) is 28.8 Å². The normalized spacial score (nSPS) is 20.4. The van der Waals surface area contributed by atoms with Crippen molar-refractivity contribution in [2.75, 3.05) is 13.7 Å². The number of hydrogen-bond acceptors (Lipinski definition) is 2. The third kappa shape index (κ3) is 1.79. The Hall–Kier alpha value is -0.540. The number of ether oxygens (including phenoxy) is 2. The predicted molar refractivity (Wildman–Crippen MR) is 75.2 cm³/mol. The molecule has 0 N–H and O–H groups in total. The first kappa shape index (κ1) is 12.5. The Bertz CT molecular complexity index is 490. The van der Waals surface area contributed by atoms with Crippen molar-refractivity contribution in [3.8, 4) is 5.75 Å². The van der Waals surface area contributed by atoms with Crippen molar-refractivity contribution in [1.29, 1.82) is 0 Å². The Morgan fingerprint density at radius 1 is 1.28 bits per heavy atom. The molecule has 0 bridgehead atoms. The van der Waals surface area contributed by atoms with E-state index in [1.807, 2.05) is 0 Å². The van der Waals surface area contributed by atoms with Gasteiger partial charge < -0.3 is 9.47 Å². The number of halogens is 1. The topological polar surface area (TPSA) is 18.5 Å². The molecule has 1 heterocycles. The summed E-state index contributed by atoms with van der Waals surface area (Å²) in [5, 5.41) is 0. The van der Waals surface area contributed by atoms with Crippen molar-refractivity contribution in [3.63, 3.8) is 0 Å². The molecule has 1 aromatic rings. The predicted octanol–water partition coefficient (Wildman–Crippen LogP) is 4.14. The van der Waals surface area contributed by atoms with Crippen LogP contribution in [0.3, 0.4) is 0 Å². The Morgan fingerprint density at radius 2 is 2.00 bits per heavy atom. The van der Waals surface area contributed by atoms with E-state index < -0.39 is 0 Å². The van der Waals surface area contributed by atoms with E-state index in [4.69, 9.17) is 9.47 Å². The molecular weight excluding hydrogens is 292 g/mol. The molecule has 1 spiro atoms. The van der Waals surface area contributed by atoms with Crippen LogP contribution in [0.1, 0.15) is 44.2 Å². The van der Waals surface area contributed by atoms with Crippen LogP contribution in [0, 0.1) is 0 Å². The first-order valence-corrected chi connectivity index (χ1v) is 7.30. The van der Waals surface area contributed by atoms with Crippen LogP contribution in [0.15, 0.2) is 16.6 Å². The van der Waals surface area contributed by atoms with Gasteiger partial charge in [0.25, 0.3) is 0 Å². The highest BCUT2D eigenvalue weighted by Crippen LogP contribution is 2.58. The standard InChI is InChI=1S/C15H19BrO2/c1-14(2,17-3)11-8-10(16)9-12-13(11)18-7-6-15(12)4-5-15/h8-9H,4-7H2,1-3H3. The molecule has 0 saturated heterocycles. The highest BCUT2D eigenvalue weighted by atomic mass is 79.9. The van der Waals surface area contributed by atoms with Crippen LogP contribution in [0.2, 0.25) is 0 Å². The van der Waals surface area contributed by atoms with E-state index in [1.54, 1.807) is 7.11 Å². The summed E-state index contributed by atoms with van der Waals surface area (Å²) in [6.45, 7) is 5.01. The Morgan fingerprint density at radius 3 is 2.61 bits per heavy atom. The molecule has 0 aromatic heterocycles. The number of hydrogen-bond donors (Lipinski definition) is 0. The highest BCUT2D eigenvalue weighted by molar-refractivity contribution is 9.10. The Balaban J connectivity index is 2.19. The van der Waals surface area contributed by atoms with Gasteiger partial charge in [-0.2, -0.15) is 0 Å². The molecule has 3 rings (SSSR count). The summed E-state index contributed by atoms with van der Waals surface area (Å²) in [6, 6.07) is 4.36. The SMILES string of the molecule is COC(C)(C)c1cc(Br)cc2c1OCCC21CC1. The third-order valence-corrected chi connectivity index (χ3v) is 4.92. The summed E-state index contributed by atoms with van der Waals surface area (Å²) in [4.78, 5) is 0. The molecule has 0 radical (unpaired) electrons. The maximum atomic E-state index is 5.97. The van der Waals surface area contributed by atoms with Gasteiger partial charge in [-0.25, -0.2) is 0 Å². The average molecular weight is 311 g/mol. The fraction of sp³-hybridized carbons (Fsp3) is 0.600. The molecule has 2 aliphatic rings. The molecule has 1 aliphatic carbocycles. The number of fused-ring (bicyclic) bond motifs is 2. The number of methoxy groups -OCH3 is 1. The van der Waals surface area contributed by atoms with Crippen molar-refractivity contribution in [2.24, 2.45) is 0 Å². The van der Waals surface area contributed by atoms with Gasteiger partial charge in [0, 0.05) is 28.1 Å². The number of benzene rings is 1. The molecule has 3 heteroatoms. The van der Waals surface area contributed by atoms with Gasteiger partial charge in [0.2, 0.25) is 0 Å². The maximum Gasteiger partial charge on any atom is 0.129 e. The van der Waals surface area contributed by atoms with Crippen LogP contribution in [0.25, 0.3) is 0 Å². The van der Waals surface area contributed by atoms with E-state index in [-0.39, 0.29) is 5.60 Å². The van der Waals surface area contributed by atoms with Crippen molar-refractivity contribution in [3.05, 3.63) is 27.7 Å². The van der Waals surface area contributed by atoms with Gasteiger partial charge in [0.1, 0.15) is 5.75 Å². The lowest BCUT2D eigenvalue weighted by Crippen LogP contribution is -2.26. The highest BCUT2D eigenvalue weighted by Gasteiger charge is 2.49. The summed E-state index contributed by atoms with van der Waals surface area (Å²) in [6.07, 6.45) is 3.75. The van der Waals surface area contributed by atoms with Gasteiger partial charge >= 0.3 is 0 Å². The molecule has 1 fully saturated rings.